The lowest BCUT2D eigenvalue weighted by Crippen LogP contribution is -2.34. The van der Waals surface area contributed by atoms with Gasteiger partial charge in [0.15, 0.2) is 5.78 Å². The van der Waals surface area contributed by atoms with E-state index in [1.807, 2.05) is 0 Å². The third-order valence-electron chi connectivity index (χ3n) is 4.41. The minimum atomic E-state index is -0.852. The van der Waals surface area contributed by atoms with Crippen LogP contribution in [0.3, 0.4) is 0 Å². The number of rotatable bonds is 7. The topological polar surface area (TPSA) is 83.9 Å². The highest BCUT2D eigenvalue weighted by molar-refractivity contribution is 5.94. The van der Waals surface area contributed by atoms with E-state index in [4.69, 9.17) is 4.74 Å². The largest absolute Gasteiger partial charge is 0.494 e. The van der Waals surface area contributed by atoms with Gasteiger partial charge in [0.25, 0.3) is 0 Å². The lowest BCUT2D eigenvalue weighted by molar-refractivity contribution is -0.147. The van der Waals surface area contributed by atoms with Crippen molar-refractivity contribution in [2.45, 2.75) is 33.1 Å². The molecule has 0 aromatic heterocycles. The van der Waals surface area contributed by atoms with Crippen molar-refractivity contribution in [1.82, 2.24) is 4.90 Å². The number of carboxylic acid groups (broad SMARTS) is 1. The fourth-order valence-corrected chi connectivity index (χ4v) is 2.71. The highest BCUT2D eigenvalue weighted by Gasteiger charge is 2.41. The molecule has 1 aliphatic rings. The van der Waals surface area contributed by atoms with Gasteiger partial charge in [-0.25, -0.2) is 0 Å². The number of ketones is 1. The first kappa shape index (κ1) is 18.0. The molecule has 2 rings (SSSR count). The minimum absolute atomic E-state index is 0.00567. The van der Waals surface area contributed by atoms with Crippen molar-refractivity contribution in [2.24, 2.45) is 5.41 Å². The molecule has 6 heteroatoms. The van der Waals surface area contributed by atoms with Crippen LogP contribution in [0.2, 0.25) is 0 Å². The van der Waals surface area contributed by atoms with Crippen molar-refractivity contribution >= 4 is 17.7 Å². The fraction of sp³-hybridized carbons (Fsp3) is 0.500. The van der Waals surface area contributed by atoms with E-state index in [0.29, 0.717) is 43.7 Å². The van der Waals surface area contributed by atoms with Gasteiger partial charge in [-0.1, -0.05) is 0 Å². The number of hydrogen-bond donors (Lipinski definition) is 1. The Morgan fingerprint density at radius 2 is 1.92 bits per heavy atom. The summed E-state index contributed by atoms with van der Waals surface area (Å²) >= 11 is 0. The predicted molar refractivity (Wildman–Crippen MR) is 88.1 cm³/mol. The Bertz CT molecular complexity index is 625. The van der Waals surface area contributed by atoms with E-state index in [-0.39, 0.29) is 18.2 Å². The van der Waals surface area contributed by atoms with Crippen LogP contribution in [-0.2, 0) is 9.59 Å². The van der Waals surface area contributed by atoms with E-state index in [2.05, 4.69) is 0 Å². The normalized spacial score (nSPS) is 20.0. The summed E-state index contributed by atoms with van der Waals surface area (Å²) in [5.41, 5.74) is -0.196. The van der Waals surface area contributed by atoms with Crippen LogP contribution in [0.1, 0.15) is 43.5 Å². The summed E-state index contributed by atoms with van der Waals surface area (Å²) < 4.78 is 5.56. The second kappa shape index (κ2) is 7.47. The SMILES string of the molecule is CC(=O)c1ccc(OCCCC(=O)N2CCC(C)(C(=O)O)C2)cc1. The Hall–Kier alpha value is -2.37. The zero-order chi connectivity index (χ0) is 17.7. The molecule has 0 aliphatic carbocycles. The van der Waals surface area contributed by atoms with Gasteiger partial charge < -0.3 is 14.7 Å². The Morgan fingerprint density at radius 1 is 1.25 bits per heavy atom. The Balaban J connectivity index is 1.72. The highest BCUT2D eigenvalue weighted by atomic mass is 16.5. The van der Waals surface area contributed by atoms with Gasteiger partial charge in [0.2, 0.25) is 5.91 Å². The molecule has 1 fully saturated rings. The monoisotopic (exact) mass is 333 g/mol. The van der Waals surface area contributed by atoms with Crippen molar-refractivity contribution < 1.29 is 24.2 Å². The maximum Gasteiger partial charge on any atom is 0.311 e. The van der Waals surface area contributed by atoms with E-state index in [1.54, 1.807) is 36.1 Å². The van der Waals surface area contributed by atoms with Crippen LogP contribution >= 0.6 is 0 Å². The van der Waals surface area contributed by atoms with Crippen LogP contribution < -0.4 is 4.74 Å². The molecular formula is C18H23NO5. The molecule has 1 unspecified atom stereocenters. The van der Waals surface area contributed by atoms with Crippen LogP contribution in [0.15, 0.2) is 24.3 Å². The van der Waals surface area contributed by atoms with Crippen molar-refractivity contribution in [3.63, 3.8) is 0 Å². The van der Waals surface area contributed by atoms with Crippen molar-refractivity contribution in [1.29, 1.82) is 0 Å². The number of carboxylic acids is 1. The van der Waals surface area contributed by atoms with E-state index >= 15 is 0 Å². The first-order chi connectivity index (χ1) is 11.3. The summed E-state index contributed by atoms with van der Waals surface area (Å²) in [4.78, 5) is 36.1. The van der Waals surface area contributed by atoms with E-state index < -0.39 is 11.4 Å². The van der Waals surface area contributed by atoms with Gasteiger partial charge in [0.05, 0.1) is 12.0 Å². The van der Waals surface area contributed by atoms with Crippen molar-refractivity contribution in [3.05, 3.63) is 29.8 Å². The summed E-state index contributed by atoms with van der Waals surface area (Å²) in [6.45, 7) is 4.35. The number of likely N-dealkylation sites (tertiary alicyclic amines) is 1. The van der Waals surface area contributed by atoms with Gasteiger partial charge in [0, 0.05) is 25.1 Å². The number of ether oxygens (including phenoxy) is 1. The molecular weight excluding hydrogens is 310 g/mol. The second-order valence-corrected chi connectivity index (χ2v) is 6.46. The number of carbonyl (C=O) groups excluding carboxylic acids is 2. The molecule has 1 N–H and O–H groups in total. The zero-order valence-electron chi connectivity index (χ0n) is 14.1. The van der Waals surface area contributed by atoms with E-state index in [9.17, 15) is 19.5 Å². The predicted octanol–water partition coefficient (Wildman–Crippen LogP) is 2.37. The van der Waals surface area contributed by atoms with Crippen LogP contribution in [0.25, 0.3) is 0 Å². The van der Waals surface area contributed by atoms with Crippen LogP contribution in [-0.4, -0.2) is 47.4 Å². The molecule has 1 aromatic carbocycles. The van der Waals surface area contributed by atoms with Crippen LogP contribution in [0.4, 0.5) is 0 Å². The quantitative estimate of drug-likeness (QED) is 0.612. The van der Waals surface area contributed by atoms with Gasteiger partial charge in [-0.2, -0.15) is 0 Å². The number of carbonyl (C=O) groups is 3. The van der Waals surface area contributed by atoms with Crippen molar-refractivity contribution in [2.75, 3.05) is 19.7 Å². The smallest absolute Gasteiger partial charge is 0.311 e. The average molecular weight is 333 g/mol. The Kier molecular flexibility index (Phi) is 5.59. The summed E-state index contributed by atoms with van der Waals surface area (Å²) in [6.07, 6.45) is 1.39. The minimum Gasteiger partial charge on any atom is -0.494 e. The van der Waals surface area contributed by atoms with Crippen molar-refractivity contribution in [3.8, 4) is 5.75 Å². The zero-order valence-corrected chi connectivity index (χ0v) is 14.1. The third-order valence-corrected chi connectivity index (χ3v) is 4.41. The number of Topliss-reactive ketones (excluding diaryl/α,β-unsaturated/α-hetero) is 1. The summed E-state index contributed by atoms with van der Waals surface area (Å²) in [6, 6.07) is 6.88. The van der Waals surface area contributed by atoms with Crippen LogP contribution in [0.5, 0.6) is 5.75 Å². The average Bonchev–Trinajstić information content (AvgIpc) is 2.96. The fourth-order valence-electron chi connectivity index (χ4n) is 2.71. The molecule has 6 nitrogen and oxygen atoms in total. The van der Waals surface area contributed by atoms with Gasteiger partial charge >= 0.3 is 5.97 Å². The van der Waals surface area contributed by atoms with E-state index in [0.717, 1.165) is 0 Å². The maximum absolute atomic E-state index is 12.1. The molecule has 1 aliphatic heterocycles. The summed E-state index contributed by atoms with van der Waals surface area (Å²) in [5, 5.41) is 9.19. The number of benzene rings is 1. The Labute approximate surface area is 141 Å². The molecule has 0 saturated carbocycles. The molecule has 0 radical (unpaired) electrons. The lowest BCUT2D eigenvalue weighted by atomic mass is 9.90. The molecule has 0 spiro atoms. The van der Waals surface area contributed by atoms with Crippen LogP contribution in [0, 0.1) is 5.41 Å². The molecule has 130 valence electrons. The lowest BCUT2D eigenvalue weighted by Gasteiger charge is -2.20. The summed E-state index contributed by atoms with van der Waals surface area (Å²) in [5.74, 6) is -0.219. The number of aliphatic carboxylic acids is 1. The maximum atomic E-state index is 12.1. The van der Waals surface area contributed by atoms with Gasteiger partial charge in [-0.3, -0.25) is 14.4 Å². The first-order valence-electron chi connectivity index (χ1n) is 8.07. The van der Waals surface area contributed by atoms with Gasteiger partial charge in [-0.15, -0.1) is 0 Å². The molecule has 1 amide bonds. The van der Waals surface area contributed by atoms with Gasteiger partial charge in [-0.05, 0) is 51.0 Å². The number of hydrogen-bond acceptors (Lipinski definition) is 4. The molecule has 24 heavy (non-hydrogen) atoms. The number of nitrogens with zero attached hydrogens (tertiary/aromatic N) is 1. The highest BCUT2D eigenvalue weighted by Crippen LogP contribution is 2.30. The molecule has 1 heterocycles. The molecule has 0 bridgehead atoms. The standard InChI is InChI=1S/C18H23NO5/c1-13(20)14-5-7-15(8-6-14)24-11-3-4-16(21)19-10-9-18(2,12-19)17(22)23/h5-8H,3-4,9-12H2,1-2H3,(H,22,23). The summed E-state index contributed by atoms with van der Waals surface area (Å²) in [7, 11) is 0. The van der Waals surface area contributed by atoms with Gasteiger partial charge in [0.1, 0.15) is 5.75 Å². The molecule has 1 aromatic rings. The first-order valence-corrected chi connectivity index (χ1v) is 8.07. The second-order valence-electron chi connectivity index (χ2n) is 6.46. The number of amides is 1. The Morgan fingerprint density at radius 3 is 2.46 bits per heavy atom. The molecule has 1 atom stereocenters. The van der Waals surface area contributed by atoms with E-state index in [1.165, 1.54) is 6.92 Å². The third kappa shape index (κ3) is 4.34. The molecule has 1 saturated heterocycles.